The summed E-state index contributed by atoms with van der Waals surface area (Å²) in [6.07, 6.45) is 3.95. The lowest BCUT2D eigenvalue weighted by Gasteiger charge is -2.31. The van der Waals surface area contributed by atoms with E-state index < -0.39 is 12.0 Å². The van der Waals surface area contributed by atoms with Gasteiger partial charge in [-0.3, -0.25) is 4.79 Å². The van der Waals surface area contributed by atoms with Crippen LogP contribution in [-0.4, -0.2) is 17.9 Å². The molecule has 3 unspecified atom stereocenters. The molecule has 0 bridgehead atoms. The van der Waals surface area contributed by atoms with Crippen LogP contribution in [-0.2, 0) is 20.9 Å². The Kier molecular flexibility index (Phi) is 10.9. The van der Waals surface area contributed by atoms with E-state index in [0.29, 0.717) is 5.92 Å². The normalized spacial score (nSPS) is 16.0. The number of benzene rings is 1. The fourth-order valence-corrected chi connectivity index (χ4v) is 4.63. The monoisotopic (exact) mass is 445 g/mol. The van der Waals surface area contributed by atoms with Gasteiger partial charge >= 0.3 is 5.97 Å². The Balaban J connectivity index is 2.74. The second-order valence-corrected chi connectivity index (χ2v) is 12.1. The molecule has 1 rings (SSSR count). The average molecular weight is 446 g/mol. The molecule has 0 saturated carbocycles. The van der Waals surface area contributed by atoms with Crippen LogP contribution in [0.15, 0.2) is 30.3 Å². The standard InChI is InChI=1S/C28H47NO3/c1-20(17-27(4,5)6)15-16-24(21(2)18-28(7,8)9)25(30)29-22(3)26(31)32-19-23-13-11-10-12-14-23/h10-14,20-22,24H,15-19H2,1-9H3,(H,29,30)/t20?,21?,22-,24?/m0/s1. The molecule has 1 aromatic rings. The number of carbonyl (C=O) groups is 2. The van der Waals surface area contributed by atoms with Crippen molar-refractivity contribution >= 4 is 11.9 Å². The molecule has 182 valence electrons. The van der Waals surface area contributed by atoms with Gasteiger partial charge in [-0.05, 0) is 60.8 Å². The first-order valence-electron chi connectivity index (χ1n) is 12.2. The molecule has 0 aromatic heterocycles. The Labute approximate surface area is 196 Å². The number of ether oxygens (including phenoxy) is 1. The lowest BCUT2D eigenvalue weighted by molar-refractivity contribution is -0.149. The topological polar surface area (TPSA) is 55.4 Å². The second kappa shape index (κ2) is 12.4. The van der Waals surface area contributed by atoms with Gasteiger partial charge in [-0.25, -0.2) is 4.79 Å². The van der Waals surface area contributed by atoms with E-state index in [2.05, 4.69) is 60.7 Å². The quantitative estimate of drug-likeness (QED) is 0.382. The number of esters is 1. The summed E-state index contributed by atoms with van der Waals surface area (Å²) in [6, 6.07) is 8.92. The van der Waals surface area contributed by atoms with Crippen molar-refractivity contribution in [2.75, 3.05) is 0 Å². The highest BCUT2D eigenvalue weighted by atomic mass is 16.5. The summed E-state index contributed by atoms with van der Waals surface area (Å²) in [5.41, 5.74) is 1.37. The molecule has 1 amide bonds. The summed E-state index contributed by atoms with van der Waals surface area (Å²) in [6.45, 7) is 19.8. The van der Waals surface area contributed by atoms with Gasteiger partial charge in [-0.15, -0.1) is 0 Å². The number of rotatable bonds is 11. The molecule has 0 radical (unpaired) electrons. The van der Waals surface area contributed by atoms with Crippen LogP contribution >= 0.6 is 0 Å². The molecule has 4 atom stereocenters. The van der Waals surface area contributed by atoms with Crippen molar-refractivity contribution in [2.45, 2.75) is 101 Å². The summed E-state index contributed by atoms with van der Waals surface area (Å²) in [5.74, 6) is 0.255. The van der Waals surface area contributed by atoms with Gasteiger partial charge in [0.15, 0.2) is 0 Å². The minimum atomic E-state index is -0.664. The highest BCUT2D eigenvalue weighted by Gasteiger charge is 2.31. The van der Waals surface area contributed by atoms with E-state index in [0.717, 1.165) is 31.2 Å². The van der Waals surface area contributed by atoms with E-state index in [1.54, 1.807) is 6.92 Å². The Morgan fingerprint density at radius 1 is 0.875 bits per heavy atom. The third-order valence-corrected chi connectivity index (χ3v) is 5.83. The molecular formula is C28H47NO3. The smallest absolute Gasteiger partial charge is 0.328 e. The highest BCUT2D eigenvalue weighted by Crippen LogP contribution is 2.33. The van der Waals surface area contributed by atoms with E-state index in [1.165, 1.54) is 0 Å². The molecule has 1 aromatic carbocycles. The van der Waals surface area contributed by atoms with E-state index in [1.807, 2.05) is 30.3 Å². The zero-order chi connectivity index (χ0) is 24.5. The second-order valence-electron chi connectivity index (χ2n) is 12.1. The van der Waals surface area contributed by atoms with Crippen LogP contribution < -0.4 is 5.32 Å². The lowest BCUT2D eigenvalue weighted by atomic mass is 9.76. The van der Waals surface area contributed by atoms with Gasteiger partial charge in [0.1, 0.15) is 12.6 Å². The third-order valence-electron chi connectivity index (χ3n) is 5.83. The fourth-order valence-electron chi connectivity index (χ4n) is 4.63. The molecule has 0 aliphatic heterocycles. The Hall–Kier alpha value is -1.84. The van der Waals surface area contributed by atoms with Crippen LogP contribution in [0.4, 0.5) is 0 Å². The predicted molar refractivity (Wildman–Crippen MR) is 133 cm³/mol. The van der Waals surface area contributed by atoms with Gasteiger partial charge in [0.25, 0.3) is 0 Å². The Bertz CT molecular complexity index is 700. The summed E-state index contributed by atoms with van der Waals surface area (Å²) >= 11 is 0. The molecule has 0 aliphatic carbocycles. The van der Waals surface area contributed by atoms with Crippen LogP contribution in [0, 0.1) is 28.6 Å². The average Bonchev–Trinajstić information content (AvgIpc) is 2.64. The highest BCUT2D eigenvalue weighted by molar-refractivity contribution is 5.85. The molecule has 4 nitrogen and oxygen atoms in total. The van der Waals surface area contributed by atoms with Crippen molar-refractivity contribution in [1.82, 2.24) is 5.32 Å². The first kappa shape index (κ1) is 28.2. The van der Waals surface area contributed by atoms with Crippen molar-refractivity contribution in [3.05, 3.63) is 35.9 Å². The number of carbonyl (C=O) groups excluding carboxylic acids is 2. The summed E-state index contributed by atoms with van der Waals surface area (Å²) in [7, 11) is 0. The van der Waals surface area contributed by atoms with Crippen LogP contribution in [0.3, 0.4) is 0 Å². The predicted octanol–water partition coefficient (Wildman–Crippen LogP) is 6.78. The maximum atomic E-state index is 13.2. The van der Waals surface area contributed by atoms with Gasteiger partial charge in [0.05, 0.1) is 0 Å². The molecule has 0 spiro atoms. The lowest BCUT2D eigenvalue weighted by Crippen LogP contribution is -2.44. The number of nitrogens with one attached hydrogen (secondary N) is 1. The van der Waals surface area contributed by atoms with Crippen LogP contribution in [0.25, 0.3) is 0 Å². The third kappa shape index (κ3) is 11.7. The largest absolute Gasteiger partial charge is 0.459 e. The molecule has 0 aliphatic rings. The van der Waals surface area contributed by atoms with Crippen molar-refractivity contribution < 1.29 is 14.3 Å². The first-order valence-corrected chi connectivity index (χ1v) is 12.2. The van der Waals surface area contributed by atoms with Crippen LogP contribution in [0.2, 0.25) is 0 Å². The SMILES string of the molecule is CC(CCC(C(=O)N[C@@H](C)C(=O)OCc1ccccc1)C(C)CC(C)(C)C)CC(C)(C)C. The molecule has 32 heavy (non-hydrogen) atoms. The molecule has 0 heterocycles. The van der Waals surface area contributed by atoms with Crippen molar-refractivity contribution in [3.8, 4) is 0 Å². The fraction of sp³-hybridized carbons (Fsp3) is 0.714. The summed E-state index contributed by atoms with van der Waals surface area (Å²) < 4.78 is 5.41. The maximum absolute atomic E-state index is 13.2. The molecule has 0 fully saturated rings. The Morgan fingerprint density at radius 3 is 1.97 bits per heavy atom. The molecular weight excluding hydrogens is 398 g/mol. The van der Waals surface area contributed by atoms with Crippen LogP contribution in [0.1, 0.15) is 93.6 Å². The van der Waals surface area contributed by atoms with Gasteiger partial charge in [0.2, 0.25) is 5.91 Å². The molecule has 0 saturated heterocycles. The van der Waals surface area contributed by atoms with Crippen LogP contribution in [0.5, 0.6) is 0 Å². The Morgan fingerprint density at radius 2 is 1.44 bits per heavy atom. The van der Waals surface area contributed by atoms with E-state index >= 15 is 0 Å². The van der Waals surface area contributed by atoms with Gasteiger partial charge in [-0.2, -0.15) is 0 Å². The minimum Gasteiger partial charge on any atom is -0.459 e. The van der Waals surface area contributed by atoms with Crippen molar-refractivity contribution in [2.24, 2.45) is 28.6 Å². The van der Waals surface area contributed by atoms with E-state index in [9.17, 15) is 9.59 Å². The zero-order valence-electron chi connectivity index (χ0n) is 22.0. The zero-order valence-corrected chi connectivity index (χ0v) is 22.0. The number of amides is 1. The van der Waals surface area contributed by atoms with E-state index in [-0.39, 0.29) is 35.2 Å². The molecule has 1 N–H and O–H groups in total. The van der Waals surface area contributed by atoms with E-state index in [4.69, 9.17) is 4.74 Å². The van der Waals surface area contributed by atoms with Gasteiger partial charge in [-0.1, -0.05) is 85.7 Å². The molecule has 4 heteroatoms. The van der Waals surface area contributed by atoms with Gasteiger partial charge in [0, 0.05) is 5.92 Å². The first-order chi connectivity index (χ1) is 14.7. The van der Waals surface area contributed by atoms with Gasteiger partial charge < -0.3 is 10.1 Å². The van der Waals surface area contributed by atoms with Crippen molar-refractivity contribution in [1.29, 1.82) is 0 Å². The summed E-state index contributed by atoms with van der Waals surface area (Å²) in [5, 5.41) is 2.94. The maximum Gasteiger partial charge on any atom is 0.328 e. The summed E-state index contributed by atoms with van der Waals surface area (Å²) in [4.78, 5) is 25.7. The van der Waals surface area contributed by atoms with Crippen molar-refractivity contribution in [3.63, 3.8) is 0 Å². The minimum absolute atomic E-state index is 0.0335. The number of hydrogen-bond acceptors (Lipinski definition) is 3. The number of hydrogen-bond donors (Lipinski definition) is 1.